The van der Waals surface area contributed by atoms with Crippen LogP contribution in [0.25, 0.3) is 0 Å². The third kappa shape index (κ3) is 9.51. The van der Waals surface area contributed by atoms with Crippen LogP contribution >= 0.6 is 0 Å². The SMILES string of the molecule is Cc1ccccc1S(=O)(=O)NC(=O)N1CCCC(NC(=O)C(CC(C)C)NC(=O)OC(C)(C)C)[C@@H](O)C1. The van der Waals surface area contributed by atoms with E-state index in [1.807, 2.05) is 13.8 Å². The van der Waals surface area contributed by atoms with Crippen LogP contribution in [0.2, 0.25) is 0 Å². The topological polar surface area (TPSA) is 154 Å². The van der Waals surface area contributed by atoms with Crippen LogP contribution in [0.3, 0.4) is 0 Å². The highest BCUT2D eigenvalue weighted by atomic mass is 32.2. The smallest absolute Gasteiger partial charge is 0.408 e. The van der Waals surface area contributed by atoms with Crippen LogP contribution in [0.5, 0.6) is 0 Å². The molecule has 0 radical (unpaired) electrons. The second kappa shape index (κ2) is 12.6. The number of rotatable bonds is 7. The van der Waals surface area contributed by atoms with E-state index < -0.39 is 51.8 Å². The van der Waals surface area contributed by atoms with E-state index in [-0.39, 0.29) is 23.9 Å². The number of β-amino-alcohol motifs (C(OH)–C–C–N with tert-alkyl or cyclic N) is 1. The predicted octanol–water partition coefficient (Wildman–Crippen LogP) is 2.27. The first-order valence-corrected chi connectivity index (χ1v) is 13.9. The van der Waals surface area contributed by atoms with Gasteiger partial charge in [0.25, 0.3) is 10.0 Å². The maximum Gasteiger partial charge on any atom is 0.408 e. The van der Waals surface area contributed by atoms with Gasteiger partial charge in [-0.15, -0.1) is 0 Å². The number of urea groups is 1. The molecule has 11 nitrogen and oxygen atoms in total. The molecule has 2 unspecified atom stereocenters. The Morgan fingerprint density at radius 3 is 2.43 bits per heavy atom. The number of hydrogen-bond donors (Lipinski definition) is 4. The maximum atomic E-state index is 13.0. The third-order valence-corrected chi connectivity index (χ3v) is 7.23. The molecule has 0 bridgehead atoms. The standard InChI is InChI=1S/C25H40N4O7S/c1-16(2)14-19(27-24(33)36-25(4,5)6)22(31)26-18-11-9-13-29(15-20(18)30)23(32)28-37(34,35)21-12-8-7-10-17(21)3/h7-8,10,12,16,18-20,30H,9,11,13-15H2,1-6H3,(H,26,31)(H,27,33)(H,28,32)/t18?,19?,20-/m0/s1. The zero-order valence-corrected chi connectivity index (χ0v) is 23.2. The number of carbonyl (C=O) groups excluding carboxylic acids is 3. The Balaban J connectivity index is 2.04. The van der Waals surface area contributed by atoms with Crippen molar-refractivity contribution in [2.45, 2.75) is 89.5 Å². The van der Waals surface area contributed by atoms with E-state index in [1.165, 1.54) is 11.0 Å². The Bertz CT molecular complexity index is 1070. The predicted molar refractivity (Wildman–Crippen MR) is 138 cm³/mol. The van der Waals surface area contributed by atoms with Gasteiger partial charge in [-0.25, -0.2) is 22.7 Å². The molecule has 1 aliphatic heterocycles. The van der Waals surface area contributed by atoms with Gasteiger partial charge in [-0.2, -0.15) is 0 Å². The second-order valence-corrected chi connectivity index (χ2v) is 12.4. The van der Waals surface area contributed by atoms with Crippen LogP contribution in [0.4, 0.5) is 9.59 Å². The van der Waals surface area contributed by atoms with E-state index >= 15 is 0 Å². The highest BCUT2D eigenvalue weighted by Crippen LogP contribution is 2.17. The summed E-state index contributed by atoms with van der Waals surface area (Å²) < 4.78 is 32.7. The zero-order valence-electron chi connectivity index (χ0n) is 22.4. The van der Waals surface area contributed by atoms with Crippen LogP contribution in [0, 0.1) is 12.8 Å². The van der Waals surface area contributed by atoms with Gasteiger partial charge in [0.2, 0.25) is 5.91 Å². The van der Waals surface area contributed by atoms with Crippen molar-refractivity contribution in [2.24, 2.45) is 5.92 Å². The first kappa shape index (κ1) is 30.4. The van der Waals surface area contributed by atoms with Gasteiger partial charge in [0.05, 0.1) is 23.6 Å². The first-order valence-electron chi connectivity index (χ1n) is 12.4. The van der Waals surface area contributed by atoms with Gasteiger partial charge >= 0.3 is 12.1 Å². The first-order chi connectivity index (χ1) is 17.1. The summed E-state index contributed by atoms with van der Waals surface area (Å²) in [7, 11) is -4.09. The number of carbonyl (C=O) groups is 3. The molecule has 4 amide bonds. The fraction of sp³-hybridized carbons (Fsp3) is 0.640. The molecule has 1 aromatic rings. The number of aliphatic hydroxyl groups is 1. The van der Waals surface area contributed by atoms with Crippen molar-refractivity contribution < 1.29 is 32.6 Å². The summed E-state index contributed by atoms with van der Waals surface area (Å²) >= 11 is 0. The Kier molecular flexibility index (Phi) is 10.3. The second-order valence-electron chi connectivity index (χ2n) is 10.8. The van der Waals surface area contributed by atoms with Crippen LogP contribution < -0.4 is 15.4 Å². The molecular formula is C25H40N4O7S. The number of benzene rings is 1. The fourth-order valence-electron chi connectivity index (χ4n) is 4.02. The normalized spacial score (nSPS) is 19.5. The summed E-state index contributed by atoms with van der Waals surface area (Å²) in [5, 5.41) is 16.2. The number of aliphatic hydroxyl groups excluding tert-OH is 1. The lowest BCUT2D eigenvalue weighted by molar-refractivity contribution is -0.125. The van der Waals surface area contributed by atoms with Crippen molar-refractivity contribution in [3.63, 3.8) is 0 Å². The Labute approximate surface area is 219 Å². The number of alkyl carbamates (subject to hydrolysis) is 1. The molecule has 0 aliphatic carbocycles. The third-order valence-electron chi connectivity index (χ3n) is 5.75. The summed E-state index contributed by atoms with van der Waals surface area (Å²) in [4.78, 5) is 39.3. The maximum absolute atomic E-state index is 13.0. The Hall–Kier alpha value is -2.86. The van der Waals surface area contributed by atoms with E-state index in [0.717, 1.165) is 0 Å². The van der Waals surface area contributed by atoms with Gasteiger partial charge in [0.1, 0.15) is 11.6 Å². The monoisotopic (exact) mass is 540 g/mol. The fourth-order valence-corrected chi connectivity index (χ4v) is 5.24. The van der Waals surface area contributed by atoms with Crippen molar-refractivity contribution in [1.29, 1.82) is 0 Å². The van der Waals surface area contributed by atoms with Gasteiger partial charge in [0, 0.05) is 6.54 Å². The quantitative estimate of drug-likeness (QED) is 0.414. The van der Waals surface area contributed by atoms with Crippen molar-refractivity contribution in [3.05, 3.63) is 29.8 Å². The van der Waals surface area contributed by atoms with Crippen molar-refractivity contribution in [2.75, 3.05) is 13.1 Å². The number of likely N-dealkylation sites (tertiary alicyclic amines) is 1. The van der Waals surface area contributed by atoms with Crippen LogP contribution in [0.1, 0.15) is 59.4 Å². The molecule has 1 fully saturated rings. The molecule has 4 N–H and O–H groups in total. The zero-order chi connectivity index (χ0) is 28.0. The van der Waals surface area contributed by atoms with E-state index in [4.69, 9.17) is 4.74 Å². The molecule has 1 aliphatic rings. The van der Waals surface area contributed by atoms with Gasteiger partial charge in [-0.3, -0.25) is 4.79 Å². The van der Waals surface area contributed by atoms with E-state index in [9.17, 15) is 27.9 Å². The molecule has 0 spiro atoms. The van der Waals surface area contributed by atoms with Gasteiger partial charge in [0.15, 0.2) is 0 Å². The minimum Gasteiger partial charge on any atom is -0.444 e. The lowest BCUT2D eigenvalue weighted by Gasteiger charge is -2.28. The molecule has 208 valence electrons. The van der Waals surface area contributed by atoms with Gasteiger partial charge in [-0.05, 0) is 64.5 Å². The minimum absolute atomic E-state index is 0.00228. The summed E-state index contributed by atoms with van der Waals surface area (Å²) in [6, 6.07) is 3.90. The molecule has 0 aromatic heterocycles. The van der Waals surface area contributed by atoms with E-state index in [0.29, 0.717) is 24.8 Å². The average molecular weight is 541 g/mol. The van der Waals surface area contributed by atoms with Crippen molar-refractivity contribution >= 4 is 28.1 Å². The lowest BCUT2D eigenvalue weighted by Crippen LogP contribution is -2.54. The highest BCUT2D eigenvalue weighted by molar-refractivity contribution is 7.90. The molecule has 12 heteroatoms. The van der Waals surface area contributed by atoms with Crippen LogP contribution in [-0.4, -0.2) is 73.3 Å². The molecule has 1 aromatic carbocycles. The lowest BCUT2D eigenvalue weighted by atomic mass is 10.0. The highest BCUT2D eigenvalue weighted by Gasteiger charge is 2.33. The Morgan fingerprint density at radius 2 is 1.84 bits per heavy atom. The molecule has 3 atom stereocenters. The van der Waals surface area contributed by atoms with Crippen LogP contribution in [-0.2, 0) is 19.6 Å². The summed E-state index contributed by atoms with van der Waals surface area (Å²) in [5.74, 6) is -0.372. The Morgan fingerprint density at radius 1 is 1.19 bits per heavy atom. The number of nitrogens with zero attached hydrogens (tertiary/aromatic N) is 1. The molecule has 1 saturated heterocycles. The summed E-state index contributed by atoms with van der Waals surface area (Å²) in [6.45, 7) is 10.7. The van der Waals surface area contributed by atoms with Crippen molar-refractivity contribution in [3.8, 4) is 0 Å². The minimum atomic E-state index is -4.09. The van der Waals surface area contributed by atoms with Crippen LogP contribution in [0.15, 0.2) is 29.2 Å². The summed E-state index contributed by atoms with van der Waals surface area (Å²) in [6.07, 6.45) is -0.706. The summed E-state index contributed by atoms with van der Waals surface area (Å²) in [5.41, 5.74) is -0.227. The number of ether oxygens (including phenoxy) is 1. The van der Waals surface area contributed by atoms with Gasteiger partial charge < -0.3 is 25.4 Å². The van der Waals surface area contributed by atoms with Gasteiger partial charge in [-0.1, -0.05) is 32.0 Å². The number of nitrogens with one attached hydrogen (secondary N) is 3. The molecule has 0 saturated carbocycles. The number of aryl methyl sites for hydroxylation is 1. The molecule has 1 heterocycles. The largest absolute Gasteiger partial charge is 0.444 e. The molecular weight excluding hydrogens is 500 g/mol. The molecule has 37 heavy (non-hydrogen) atoms. The number of amides is 4. The number of hydrogen-bond acceptors (Lipinski definition) is 7. The van der Waals surface area contributed by atoms with E-state index in [1.54, 1.807) is 45.9 Å². The average Bonchev–Trinajstić information content (AvgIpc) is 2.93. The number of sulfonamides is 1. The molecule has 2 rings (SSSR count). The van der Waals surface area contributed by atoms with E-state index in [2.05, 4.69) is 15.4 Å². The van der Waals surface area contributed by atoms with Crippen molar-refractivity contribution in [1.82, 2.24) is 20.3 Å².